The second-order valence-electron chi connectivity index (χ2n) is 6.70. The van der Waals surface area contributed by atoms with E-state index < -0.39 is 0 Å². The van der Waals surface area contributed by atoms with Crippen molar-refractivity contribution < 1.29 is 4.39 Å². The third-order valence-corrected chi connectivity index (χ3v) is 5.73. The lowest BCUT2D eigenvalue weighted by molar-refractivity contribution is 0.399. The van der Waals surface area contributed by atoms with E-state index in [1.807, 2.05) is 24.3 Å². The van der Waals surface area contributed by atoms with Crippen molar-refractivity contribution in [3.63, 3.8) is 0 Å². The van der Waals surface area contributed by atoms with E-state index in [-0.39, 0.29) is 5.82 Å². The minimum atomic E-state index is -0.129. The standard InChI is InChI=1S/C22H20ClF/c1-2-14-8-11-18-17-4-3-5-21(24)19(17)12-13-20(18)22(14)15-6-9-16(23)10-7-15/h3-7,9-10,12-14,22H,2,8,11H2,1H3/t14-,22-/m1/s1. The van der Waals surface area contributed by atoms with Crippen LogP contribution in [0.3, 0.4) is 0 Å². The van der Waals surface area contributed by atoms with Gasteiger partial charge in [-0.3, -0.25) is 0 Å². The van der Waals surface area contributed by atoms with Crippen molar-refractivity contribution in [1.82, 2.24) is 0 Å². The summed E-state index contributed by atoms with van der Waals surface area (Å²) in [6, 6.07) is 17.7. The summed E-state index contributed by atoms with van der Waals surface area (Å²) in [5.41, 5.74) is 3.98. The molecule has 0 unspecified atom stereocenters. The van der Waals surface area contributed by atoms with Crippen LogP contribution in [0.5, 0.6) is 0 Å². The van der Waals surface area contributed by atoms with E-state index in [2.05, 4.69) is 31.2 Å². The summed E-state index contributed by atoms with van der Waals surface area (Å²) in [6.07, 6.45) is 3.32. The Labute approximate surface area is 147 Å². The highest BCUT2D eigenvalue weighted by molar-refractivity contribution is 6.30. The van der Waals surface area contributed by atoms with Gasteiger partial charge < -0.3 is 0 Å². The summed E-state index contributed by atoms with van der Waals surface area (Å²) in [5.74, 6) is 0.851. The van der Waals surface area contributed by atoms with E-state index >= 15 is 0 Å². The number of hydrogen-bond donors (Lipinski definition) is 0. The van der Waals surface area contributed by atoms with Gasteiger partial charge in [0.2, 0.25) is 0 Å². The molecular formula is C22H20ClF. The average Bonchev–Trinajstić information content (AvgIpc) is 2.61. The zero-order chi connectivity index (χ0) is 16.7. The highest BCUT2D eigenvalue weighted by Crippen LogP contribution is 2.44. The quantitative estimate of drug-likeness (QED) is 0.485. The van der Waals surface area contributed by atoms with E-state index in [0.29, 0.717) is 11.8 Å². The third-order valence-electron chi connectivity index (χ3n) is 5.48. The van der Waals surface area contributed by atoms with E-state index in [9.17, 15) is 4.39 Å². The summed E-state index contributed by atoms with van der Waals surface area (Å²) in [7, 11) is 0. The number of fused-ring (bicyclic) bond motifs is 3. The second kappa shape index (κ2) is 6.22. The Hall–Kier alpha value is -1.86. The Morgan fingerprint density at radius 1 is 1.00 bits per heavy atom. The third kappa shape index (κ3) is 2.52. The number of benzene rings is 3. The number of aryl methyl sites for hydroxylation is 1. The van der Waals surface area contributed by atoms with Gasteiger partial charge in [-0.15, -0.1) is 0 Å². The first-order valence-electron chi connectivity index (χ1n) is 8.64. The van der Waals surface area contributed by atoms with Crippen LogP contribution >= 0.6 is 11.6 Å². The van der Waals surface area contributed by atoms with Gasteiger partial charge in [-0.05, 0) is 59.0 Å². The lowest BCUT2D eigenvalue weighted by atomic mass is 9.70. The number of rotatable bonds is 2. The Morgan fingerprint density at radius 2 is 1.79 bits per heavy atom. The minimum absolute atomic E-state index is 0.129. The van der Waals surface area contributed by atoms with Crippen LogP contribution < -0.4 is 0 Å². The van der Waals surface area contributed by atoms with Crippen LogP contribution in [0.2, 0.25) is 5.02 Å². The van der Waals surface area contributed by atoms with Crippen molar-refractivity contribution >= 4 is 22.4 Å². The molecule has 0 radical (unpaired) electrons. The van der Waals surface area contributed by atoms with Crippen molar-refractivity contribution in [2.75, 3.05) is 0 Å². The molecule has 0 N–H and O–H groups in total. The zero-order valence-electron chi connectivity index (χ0n) is 13.7. The molecule has 0 saturated carbocycles. The number of halogens is 2. The van der Waals surface area contributed by atoms with Crippen LogP contribution in [0.25, 0.3) is 10.8 Å². The van der Waals surface area contributed by atoms with Crippen LogP contribution in [-0.4, -0.2) is 0 Å². The first-order valence-corrected chi connectivity index (χ1v) is 9.02. The highest BCUT2D eigenvalue weighted by Gasteiger charge is 2.30. The lowest BCUT2D eigenvalue weighted by Gasteiger charge is -2.34. The topological polar surface area (TPSA) is 0 Å². The van der Waals surface area contributed by atoms with Crippen LogP contribution in [0, 0.1) is 11.7 Å². The monoisotopic (exact) mass is 338 g/mol. The summed E-state index contributed by atoms with van der Waals surface area (Å²) in [5, 5.41) is 2.57. The Morgan fingerprint density at radius 3 is 2.54 bits per heavy atom. The summed E-state index contributed by atoms with van der Waals surface area (Å²) in [4.78, 5) is 0. The van der Waals surface area contributed by atoms with E-state index in [0.717, 1.165) is 35.1 Å². The SMILES string of the molecule is CC[C@@H]1CCc2c(ccc3c(F)cccc23)[C@H]1c1ccc(Cl)cc1. The molecule has 1 aliphatic rings. The molecule has 2 heteroatoms. The van der Waals surface area contributed by atoms with Gasteiger partial charge >= 0.3 is 0 Å². The van der Waals surface area contributed by atoms with Crippen molar-refractivity contribution in [3.8, 4) is 0 Å². The zero-order valence-corrected chi connectivity index (χ0v) is 14.5. The molecule has 0 spiro atoms. The van der Waals surface area contributed by atoms with Gasteiger partial charge in [-0.25, -0.2) is 4.39 Å². The van der Waals surface area contributed by atoms with Crippen LogP contribution in [0.1, 0.15) is 42.4 Å². The van der Waals surface area contributed by atoms with Crippen molar-refractivity contribution in [1.29, 1.82) is 0 Å². The molecule has 0 heterocycles. The Kier molecular flexibility index (Phi) is 4.05. The van der Waals surface area contributed by atoms with Gasteiger partial charge in [0.1, 0.15) is 5.82 Å². The van der Waals surface area contributed by atoms with Crippen LogP contribution in [0.4, 0.5) is 4.39 Å². The fourth-order valence-corrected chi connectivity index (χ4v) is 4.41. The van der Waals surface area contributed by atoms with Gasteiger partial charge in [-0.2, -0.15) is 0 Å². The normalized spacial score (nSPS) is 20.1. The molecule has 122 valence electrons. The second-order valence-corrected chi connectivity index (χ2v) is 7.14. The molecule has 1 aliphatic carbocycles. The molecule has 0 aromatic heterocycles. The smallest absolute Gasteiger partial charge is 0.131 e. The predicted molar refractivity (Wildman–Crippen MR) is 99.3 cm³/mol. The summed E-state index contributed by atoms with van der Waals surface area (Å²) >= 11 is 6.07. The van der Waals surface area contributed by atoms with Gasteiger partial charge in [0, 0.05) is 16.3 Å². The molecule has 3 aromatic carbocycles. The van der Waals surface area contributed by atoms with Crippen molar-refractivity contribution in [2.24, 2.45) is 5.92 Å². The Bertz CT molecular complexity index is 882. The van der Waals surface area contributed by atoms with Gasteiger partial charge in [0.05, 0.1) is 0 Å². The molecule has 0 amide bonds. The molecule has 0 fully saturated rings. The molecular weight excluding hydrogens is 319 g/mol. The van der Waals surface area contributed by atoms with E-state index in [4.69, 9.17) is 11.6 Å². The predicted octanol–water partition coefficient (Wildman–Crippen LogP) is 6.74. The summed E-state index contributed by atoms with van der Waals surface area (Å²) < 4.78 is 14.1. The molecule has 24 heavy (non-hydrogen) atoms. The molecule has 2 atom stereocenters. The largest absolute Gasteiger partial charge is 0.206 e. The molecule has 3 aromatic rings. The van der Waals surface area contributed by atoms with Gasteiger partial charge in [0.15, 0.2) is 0 Å². The molecule has 0 nitrogen and oxygen atoms in total. The molecule has 0 bridgehead atoms. The minimum Gasteiger partial charge on any atom is -0.206 e. The van der Waals surface area contributed by atoms with Gasteiger partial charge in [-0.1, -0.05) is 61.3 Å². The lowest BCUT2D eigenvalue weighted by Crippen LogP contribution is -2.21. The maximum absolute atomic E-state index is 14.1. The first kappa shape index (κ1) is 15.7. The fourth-order valence-electron chi connectivity index (χ4n) is 4.28. The molecule has 4 rings (SSSR count). The fraction of sp³-hybridized carbons (Fsp3) is 0.273. The number of hydrogen-bond acceptors (Lipinski definition) is 0. The van der Waals surface area contributed by atoms with Crippen LogP contribution in [-0.2, 0) is 6.42 Å². The molecule has 0 saturated heterocycles. The van der Waals surface area contributed by atoms with E-state index in [1.54, 1.807) is 6.07 Å². The highest BCUT2D eigenvalue weighted by atomic mass is 35.5. The Balaban J connectivity index is 1.92. The average molecular weight is 339 g/mol. The van der Waals surface area contributed by atoms with Crippen molar-refractivity contribution in [3.05, 3.63) is 82.1 Å². The first-order chi connectivity index (χ1) is 11.7. The van der Waals surface area contributed by atoms with Crippen molar-refractivity contribution in [2.45, 2.75) is 32.1 Å². The summed E-state index contributed by atoms with van der Waals surface area (Å²) in [6.45, 7) is 2.26. The van der Waals surface area contributed by atoms with E-state index in [1.165, 1.54) is 16.7 Å². The van der Waals surface area contributed by atoms with Gasteiger partial charge in [0.25, 0.3) is 0 Å². The van der Waals surface area contributed by atoms with Crippen LogP contribution in [0.15, 0.2) is 54.6 Å². The maximum Gasteiger partial charge on any atom is 0.131 e. The maximum atomic E-state index is 14.1. The molecule has 0 aliphatic heterocycles.